The van der Waals surface area contributed by atoms with Crippen LogP contribution in [0.4, 0.5) is 4.79 Å². The third-order valence-electron chi connectivity index (χ3n) is 6.95. The molecule has 0 aliphatic carbocycles. The van der Waals surface area contributed by atoms with Crippen LogP contribution in [-0.2, 0) is 22.6 Å². The average Bonchev–Trinajstić information content (AvgIpc) is 2.97. The van der Waals surface area contributed by atoms with E-state index in [9.17, 15) is 9.90 Å². The highest BCUT2D eigenvalue weighted by Gasteiger charge is 2.42. The molecule has 1 heterocycles. The second-order valence-electron chi connectivity index (χ2n) is 9.86. The van der Waals surface area contributed by atoms with Crippen LogP contribution >= 0.6 is 0 Å². The number of nitrogens with one attached hydrogen (secondary N) is 2. The van der Waals surface area contributed by atoms with E-state index in [1.165, 1.54) is 0 Å². The molecule has 3 aromatic carbocycles. The summed E-state index contributed by atoms with van der Waals surface area (Å²) in [7, 11) is 2.07. The van der Waals surface area contributed by atoms with Crippen molar-refractivity contribution in [1.82, 2.24) is 15.5 Å². The molecular weight excluding hydrogens is 490 g/mol. The quantitative estimate of drug-likeness (QED) is 0.303. The van der Waals surface area contributed by atoms with Crippen LogP contribution in [0.1, 0.15) is 53.1 Å². The van der Waals surface area contributed by atoms with Gasteiger partial charge in [-0.15, -0.1) is 6.58 Å². The van der Waals surface area contributed by atoms with Crippen LogP contribution in [-0.4, -0.2) is 48.8 Å². The lowest BCUT2D eigenvalue weighted by Gasteiger charge is -2.44. The smallest absolute Gasteiger partial charge is 0.315 e. The van der Waals surface area contributed by atoms with Gasteiger partial charge in [-0.1, -0.05) is 84.9 Å². The zero-order valence-corrected chi connectivity index (χ0v) is 22.8. The lowest BCUT2D eigenvalue weighted by atomic mass is 9.83. The molecule has 3 N–H and O–H groups in total. The first kappa shape index (κ1) is 28.5. The van der Waals surface area contributed by atoms with Gasteiger partial charge in [0.1, 0.15) is 0 Å². The number of hydrogen-bond acceptors (Lipinski definition) is 5. The van der Waals surface area contributed by atoms with Crippen LogP contribution in [0.3, 0.4) is 0 Å². The van der Waals surface area contributed by atoms with Crippen molar-refractivity contribution in [2.75, 3.05) is 26.7 Å². The zero-order chi connectivity index (χ0) is 27.6. The number of urea groups is 1. The average molecular weight is 530 g/mol. The van der Waals surface area contributed by atoms with Crippen molar-refractivity contribution in [3.8, 4) is 0 Å². The Hall–Kier alpha value is -3.49. The second kappa shape index (κ2) is 14.1. The van der Waals surface area contributed by atoms with E-state index in [4.69, 9.17) is 9.47 Å². The number of ether oxygens (including phenoxy) is 2. The molecule has 4 unspecified atom stereocenters. The zero-order valence-electron chi connectivity index (χ0n) is 22.8. The molecule has 0 aromatic heterocycles. The molecule has 1 aliphatic rings. The van der Waals surface area contributed by atoms with Crippen LogP contribution in [0.25, 0.3) is 0 Å². The van der Waals surface area contributed by atoms with Crippen molar-refractivity contribution in [3.05, 3.63) is 119 Å². The Morgan fingerprint density at radius 2 is 1.59 bits per heavy atom. The van der Waals surface area contributed by atoms with Crippen molar-refractivity contribution in [3.63, 3.8) is 0 Å². The Morgan fingerprint density at radius 1 is 0.923 bits per heavy atom. The monoisotopic (exact) mass is 529 g/mol. The van der Waals surface area contributed by atoms with E-state index in [0.717, 1.165) is 34.4 Å². The molecule has 0 saturated carbocycles. The fourth-order valence-corrected chi connectivity index (χ4v) is 4.97. The third kappa shape index (κ3) is 7.55. The van der Waals surface area contributed by atoms with Gasteiger partial charge in [0.25, 0.3) is 0 Å². The molecule has 206 valence electrons. The molecule has 7 heteroatoms. The van der Waals surface area contributed by atoms with Crippen LogP contribution in [0.15, 0.2) is 91.5 Å². The van der Waals surface area contributed by atoms with Crippen LogP contribution in [0.2, 0.25) is 0 Å². The summed E-state index contributed by atoms with van der Waals surface area (Å²) in [5.74, 6) is -0.0461. The maximum Gasteiger partial charge on any atom is 0.315 e. The summed E-state index contributed by atoms with van der Waals surface area (Å²) in [6, 6.07) is 26.1. The van der Waals surface area contributed by atoms with Gasteiger partial charge in [0.15, 0.2) is 6.29 Å². The molecule has 0 spiro atoms. The van der Waals surface area contributed by atoms with Crippen molar-refractivity contribution in [2.24, 2.45) is 0 Å². The lowest BCUT2D eigenvalue weighted by Crippen LogP contribution is -2.43. The molecule has 0 radical (unpaired) electrons. The molecule has 1 saturated heterocycles. The van der Waals surface area contributed by atoms with Crippen LogP contribution in [0, 0.1) is 0 Å². The van der Waals surface area contributed by atoms with Gasteiger partial charge in [-0.05, 0) is 36.2 Å². The highest BCUT2D eigenvalue weighted by atomic mass is 16.7. The summed E-state index contributed by atoms with van der Waals surface area (Å²) >= 11 is 0. The first-order valence-electron chi connectivity index (χ1n) is 13.5. The molecule has 1 aliphatic heterocycles. The van der Waals surface area contributed by atoms with E-state index in [1.807, 2.05) is 79.7 Å². The van der Waals surface area contributed by atoms with Crippen molar-refractivity contribution in [2.45, 2.75) is 44.5 Å². The summed E-state index contributed by atoms with van der Waals surface area (Å²) in [5, 5.41) is 15.2. The van der Waals surface area contributed by atoms with Gasteiger partial charge in [0.05, 0.1) is 18.8 Å². The highest BCUT2D eigenvalue weighted by Crippen LogP contribution is 2.47. The van der Waals surface area contributed by atoms with E-state index < -0.39 is 6.29 Å². The van der Waals surface area contributed by atoms with Gasteiger partial charge in [-0.25, -0.2) is 4.79 Å². The van der Waals surface area contributed by atoms with Gasteiger partial charge in [0, 0.05) is 37.7 Å². The molecule has 7 nitrogen and oxygen atoms in total. The van der Waals surface area contributed by atoms with Gasteiger partial charge in [-0.2, -0.15) is 0 Å². The lowest BCUT2D eigenvalue weighted by molar-refractivity contribution is -0.263. The number of likely N-dealkylation sites (N-methyl/N-ethyl adjacent to an activating group) is 1. The second-order valence-corrected chi connectivity index (χ2v) is 9.86. The molecular formula is C32H39N3O4. The molecule has 3 aromatic rings. The minimum atomic E-state index is -0.569. The summed E-state index contributed by atoms with van der Waals surface area (Å²) in [6.07, 6.45) is 0.908. The SMILES string of the molecule is C=CCN(C)CC1OC(c2ccc(CNC(=O)NCC)cc2)OC(c2ccc(CO)cc2)C1c1ccccc1. The Balaban J connectivity index is 1.65. The fraction of sp³-hybridized carbons (Fsp3) is 0.344. The fourth-order valence-electron chi connectivity index (χ4n) is 4.97. The van der Waals surface area contributed by atoms with E-state index in [2.05, 4.69) is 41.3 Å². The standard InChI is InChI=1S/C32H39N3O4/c1-4-19-35(3)21-28-29(25-9-7-6-8-10-25)30(26-15-13-24(22-36)14-16-26)39-31(38-28)27-17-11-23(12-18-27)20-34-32(37)33-5-2/h4,6-18,28-31,36H,1,5,19-22H2,2-3H3,(H2,33,34,37). The molecule has 0 bridgehead atoms. The van der Waals surface area contributed by atoms with Crippen molar-refractivity contribution < 1.29 is 19.4 Å². The summed E-state index contributed by atoms with van der Waals surface area (Å²) in [6.45, 7) is 8.24. The first-order chi connectivity index (χ1) is 19.0. The molecule has 1 fully saturated rings. The molecule has 39 heavy (non-hydrogen) atoms. The summed E-state index contributed by atoms with van der Waals surface area (Å²) in [4.78, 5) is 14.0. The Labute approximate surface area is 231 Å². The summed E-state index contributed by atoms with van der Waals surface area (Å²) < 4.78 is 13.4. The van der Waals surface area contributed by atoms with Gasteiger partial charge >= 0.3 is 6.03 Å². The summed E-state index contributed by atoms with van der Waals surface area (Å²) in [5.41, 5.74) is 4.94. The maximum absolute atomic E-state index is 11.8. The third-order valence-corrected chi connectivity index (χ3v) is 6.95. The minimum absolute atomic E-state index is 0.00403. The van der Waals surface area contributed by atoms with E-state index in [1.54, 1.807) is 0 Å². The number of carbonyl (C=O) groups is 1. The van der Waals surface area contributed by atoms with Gasteiger partial charge in [0.2, 0.25) is 0 Å². The molecule has 4 atom stereocenters. The largest absolute Gasteiger partial charge is 0.392 e. The number of aliphatic hydroxyl groups is 1. The number of nitrogens with zero attached hydrogens (tertiary/aromatic N) is 1. The van der Waals surface area contributed by atoms with E-state index in [-0.39, 0.29) is 30.8 Å². The predicted molar refractivity (Wildman–Crippen MR) is 153 cm³/mol. The van der Waals surface area contributed by atoms with Crippen LogP contribution in [0.5, 0.6) is 0 Å². The van der Waals surface area contributed by atoms with Crippen LogP contribution < -0.4 is 10.6 Å². The Bertz CT molecular complexity index is 1180. The number of benzene rings is 3. The van der Waals surface area contributed by atoms with E-state index >= 15 is 0 Å². The van der Waals surface area contributed by atoms with E-state index in [0.29, 0.717) is 19.6 Å². The first-order valence-corrected chi connectivity index (χ1v) is 13.5. The maximum atomic E-state index is 11.8. The number of carbonyl (C=O) groups excluding carboxylic acids is 1. The number of aliphatic hydroxyl groups excluding tert-OH is 1. The van der Waals surface area contributed by atoms with Gasteiger partial charge < -0.3 is 30.1 Å². The normalized spacial score (nSPS) is 20.9. The Kier molecular flexibility index (Phi) is 10.3. The van der Waals surface area contributed by atoms with Gasteiger partial charge in [-0.3, -0.25) is 0 Å². The number of amides is 2. The topological polar surface area (TPSA) is 83.1 Å². The predicted octanol–water partition coefficient (Wildman–Crippen LogP) is 5.05. The number of hydrogen-bond donors (Lipinski definition) is 3. The van der Waals surface area contributed by atoms with Crippen molar-refractivity contribution in [1.29, 1.82) is 0 Å². The minimum Gasteiger partial charge on any atom is -0.392 e. The molecule has 4 rings (SSSR count). The highest BCUT2D eigenvalue weighted by molar-refractivity contribution is 5.73. The van der Waals surface area contributed by atoms with Crippen molar-refractivity contribution >= 4 is 6.03 Å². The number of rotatable bonds is 11. The molecule has 2 amide bonds. The Morgan fingerprint density at radius 3 is 2.23 bits per heavy atom.